The highest BCUT2D eigenvalue weighted by Crippen LogP contribution is 2.26. The lowest BCUT2D eigenvalue weighted by molar-refractivity contribution is -0.141. The smallest absolute Gasteiger partial charge is 0.307 e. The molecule has 15 heavy (non-hydrogen) atoms. The van der Waals surface area contributed by atoms with E-state index in [4.69, 9.17) is 17.3 Å². The third kappa shape index (κ3) is 2.94. The van der Waals surface area contributed by atoms with Crippen LogP contribution in [0.3, 0.4) is 0 Å². The van der Waals surface area contributed by atoms with Crippen LogP contribution in [0.1, 0.15) is 23.6 Å². The molecule has 3 nitrogen and oxygen atoms in total. The molecule has 0 radical (unpaired) electrons. The van der Waals surface area contributed by atoms with Gasteiger partial charge in [0.25, 0.3) is 0 Å². The number of esters is 1. The molecule has 82 valence electrons. The first kappa shape index (κ1) is 12.0. The lowest BCUT2D eigenvalue weighted by Gasteiger charge is -2.15. The minimum Gasteiger partial charge on any atom is -0.469 e. The number of carbonyl (C=O) groups excluding carboxylic acids is 1. The maximum absolute atomic E-state index is 11.1. The van der Waals surface area contributed by atoms with Crippen molar-refractivity contribution < 1.29 is 9.53 Å². The second-order valence-electron chi connectivity index (χ2n) is 3.36. The van der Waals surface area contributed by atoms with Crippen molar-refractivity contribution in [1.82, 2.24) is 0 Å². The average molecular weight is 228 g/mol. The topological polar surface area (TPSA) is 52.3 Å². The second-order valence-corrected chi connectivity index (χ2v) is 3.76. The van der Waals surface area contributed by atoms with Gasteiger partial charge in [-0.2, -0.15) is 0 Å². The van der Waals surface area contributed by atoms with Gasteiger partial charge in [0, 0.05) is 11.1 Å². The van der Waals surface area contributed by atoms with E-state index in [1.807, 2.05) is 19.1 Å². The molecule has 0 aliphatic rings. The minimum absolute atomic E-state index is 0.140. The Labute approximate surface area is 94.2 Å². The van der Waals surface area contributed by atoms with Crippen LogP contribution >= 0.6 is 11.6 Å². The Morgan fingerprint density at radius 2 is 2.27 bits per heavy atom. The molecule has 0 saturated carbocycles. The molecule has 1 aromatic carbocycles. The molecule has 4 heteroatoms. The van der Waals surface area contributed by atoms with E-state index in [0.717, 1.165) is 11.1 Å². The van der Waals surface area contributed by atoms with E-state index >= 15 is 0 Å². The molecule has 0 aliphatic carbocycles. The van der Waals surface area contributed by atoms with Crippen LogP contribution in [0.4, 0.5) is 0 Å². The van der Waals surface area contributed by atoms with Crippen LogP contribution in [0.25, 0.3) is 0 Å². The van der Waals surface area contributed by atoms with E-state index in [1.54, 1.807) is 6.07 Å². The van der Waals surface area contributed by atoms with E-state index in [9.17, 15) is 4.79 Å². The third-order valence-electron chi connectivity index (χ3n) is 2.26. The predicted molar refractivity (Wildman–Crippen MR) is 59.8 cm³/mol. The second kappa shape index (κ2) is 5.14. The fourth-order valence-corrected chi connectivity index (χ4v) is 1.84. The zero-order valence-corrected chi connectivity index (χ0v) is 9.54. The van der Waals surface area contributed by atoms with E-state index in [0.29, 0.717) is 5.02 Å². The number of ether oxygens (including phenoxy) is 1. The SMILES string of the molecule is COC(=O)C[C@H](N)c1c(C)cccc1Cl. The molecule has 0 aromatic heterocycles. The van der Waals surface area contributed by atoms with Gasteiger partial charge in [0.05, 0.1) is 13.5 Å². The Balaban J connectivity index is 2.90. The molecule has 0 aliphatic heterocycles. The molecule has 0 fully saturated rings. The van der Waals surface area contributed by atoms with Crippen molar-refractivity contribution >= 4 is 17.6 Å². The molecule has 0 spiro atoms. The van der Waals surface area contributed by atoms with Crippen LogP contribution in [-0.2, 0) is 9.53 Å². The standard InChI is InChI=1S/C11H14ClNO2/c1-7-4-3-5-8(12)11(7)9(13)6-10(14)15-2/h3-5,9H,6,13H2,1-2H3/t9-/m0/s1. The van der Waals surface area contributed by atoms with Gasteiger partial charge in [0.15, 0.2) is 0 Å². The summed E-state index contributed by atoms with van der Waals surface area (Å²) in [5.41, 5.74) is 7.68. The summed E-state index contributed by atoms with van der Waals surface area (Å²) in [6.07, 6.45) is 0.140. The summed E-state index contributed by atoms with van der Waals surface area (Å²) in [7, 11) is 1.34. The summed E-state index contributed by atoms with van der Waals surface area (Å²) < 4.78 is 4.56. The van der Waals surface area contributed by atoms with Gasteiger partial charge in [0.2, 0.25) is 0 Å². The van der Waals surface area contributed by atoms with Gasteiger partial charge in [-0.15, -0.1) is 0 Å². The van der Waals surface area contributed by atoms with Crippen LogP contribution in [0.5, 0.6) is 0 Å². The number of aryl methyl sites for hydroxylation is 1. The summed E-state index contributed by atoms with van der Waals surface area (Å²) in [6, 6.07) is 5.12. The number of halogens is 1. The van der Waals surface area contributed by atoms with Crippen LogP contribution in [0.15, 0.2) is 18.2 Å². The first-order chi connectivity index (χ1) is 7.06. The van der Waals surface area contributed by atoms with Gasteiger partial charge in [-0.1, -0.05) is 23.7 Å². The van der Waals surface area contributed by atoms with Gasteiger partial charge in [0.1, 0.15) is 0 Å². The Bertz CT molecular complexity index is 345. The first-order valence-electron chi connectivity index (χ1n) is 4.63. The zero-order valence-electron chi connectivity index (χ0n) is 8.79. The van der Waals surface area contributed by atoms with E-state index in [-0.39, 0.29) is 12.4 Å². The molecule has 2 N–H and O–H groups in total. The molecule has 0 heterocycles. The molecule has 0 unspecified atom stereocenters. The van der Waals surface area contributed by atoms with Crippen molar-refractivity contribution in [2.24, 2.45) is 5.73 Å². The summed E-state index contributed by atoms with van der Waals surface area (Å²) in [5.74, 6) is -0.332. The normalized spacial score (nSPS) is 12.3. The van der Waals surface area contributed by atoms with E-state index in [1.165, 1.54) is 7.11 Å². The van der Waals surface area contributed by atoms with Gasteiger partial charge in [-0.3, -0.25) is 4.79 Å². The predicted octanol–water partition coefficient (Wildman–Crippen LogP) is 2.21. The van der Waals surface area contributed by atoms with Crippen molar-refractivity contribution in [3.05, 3.63) is 34.3 Å². The Hall–Kier alpha value is -1.06. The number of carbonyl (C=O) groups is 1. The van der Waals surface area contributed by atoms with Crippen LogP contribution in [0, 0.1) is 6.92 Å². The third-order valence-corrected chi connectivity index (χ3v) is 2.59. The molecule has 1 rings (SSSR count). The summed E-state index contributed by atoms with van der Waals surface area (Å²) in [6.45, 7) is 1.92. The number of hydrogen-bond donors (Lipinski definition) is 1. The highest BCUT2D eigenvalue weighted by Gasteiger charge is 2.16. The fraction of sp³-hybridized carbons (Fsp3) is 0.364. The lowest BCUT2D eigenvalue weighted by atomic mass is 9.99. The average Bonchev–Trinajstić information content (AvgIpc) is 2.17. The number of methoxy groups -OCH3 is 1. The first-order valence-corrected chi connectivity index (χ1v) is 5.01. The largest absolute Gasteiger partial charge is 0.469 e. The highest BCUT2D eigenvalue weighted by molar-refractivity contribution is 6.31. The molecule has 1 aromatic rings. The van der Waals surface area contributed by atoms with E-state index < -0.39 is 6.04 Å². The molecule has 0 saturated heterocycles. The van der Waals surface area contributed by atoms with Gasteiger partial charge in [-0.05, 0) is 24.1 Å². The van der Waals surface area contributed by atoms with Crippen molar-refractivity contribution in [3.8, 4) is 0 Å². The van der Waals surface area contributed by atoms with Crippen LogP contribution < -0.4 is 5.73 Å². The van der Waals surface area contributed by atoms with E-state index in [2.05, 4.69) is 4.74 Å². The Morgan fingerprint density at radius 1 is 1.60 bits per heavy atom. The highest BCUT2D eigenvalue weighted by atomic mass is 35.5. The van der Waals surface area contributed by atoms with Crippen LogP contribution in [-0.4, -0.2) is 13.1 Å². The maximum atomic E-state index is 11.1. The summed E-state index contributed by atoms with van der Waals surface area (Å²) in [5, 5.41) is 0.589. The molecular formula is C11H14ClNO2. The quantitative estimate of drug-likeness (QED) is 0.806. The van der Waals surface area contributed by atoms with Crippen LogP contribution in [0.2, 0.25) is 5.02 Å². The number of nitrogens with two attached hydrogens (primary N) is 1. The van der Waals surface area contributed by atoms with Crippen molar-refractivity contribution in [2.75, 3.05) is 7.11 Å². The van der Waals surface area contributed by atoms with Gasteiger partial charge >= 0.3 is 5.97 Å². The number of hydrogen-bond acceptors (Lipinski definition) is 3. The van der Waals surface area contributed by atoms with Gasteiger partial charge in [-0.25, -0.2) is 0 Å². The molecule has 0 amide bonds. The maximum Gasteiger partial charge on any atom is 0.307 e. The Kier molecular flexibility index (Phi) is 4.12. The summed E-state index contributed by atoms with van der Waals surface area (Å²) in [4.78, 5) is 11.1. The molecule has 0 bridgehead atoms. The number of rotatable bonds is 3. The van der Waals surface area contributed by atoms with Crippen molar-refractivity contribution in [3.63, 3.8) is 0 Å². The minimum atomic E-state index is -0.411. The molecular weight excluding hydrogens is 214 g/mol. The van der Waals surface area contributed by atoms with Gasteiger partial charge < -0.3 is 10.5 Å². The zero-order chi connectivity index (χ0) is 11.4. The van der Waals surface area contributed by atoms with Crippen molar-refractivity contribution in [2.45, 2.75) is 19.4 Å². The monoisotopic (exact) mass is 227 g/mol. The number of benzene rings is 1. The lowest BCUT2D eigenvalue weighted by Crippen LogP contribution is -2.17. The fourth-order valence-electron chi connectivity index (χ4n) is 1.48. The molecule has 1 atom stereocenters. The summed E-state index contributed by atoms with van der Waals surface area (Å²) >= 11 is 6.02. The Morgan fingerprint density at radius 3 is 2.80 bits per heavy atom. The van der Waals surface area contributed by atoms with Crippen molar-refractivity contribution in [1.29, 1.82) is 0 Å².